The molecule has 0 bridgehead atoms. The summed E-state index contributed by atoms with van der Waals surface area (Å²) in [6, 6.07) is 0. The molecular formula is C9H17F3N2O. The lowest BCUT2D eigenvalue weighted by atomic mass is 9.87. The molecule has 0 aliphatic carbocycles. The SMILES string of the molecule is NC1(CCO)CCCN(CC(F)(F)F)C1. The van der Waals surface area contributed by atoms with Gasteiger partial charge < -0.3 is 10.8 Å². The van der Waals surface area contributed by atoms with Gasteiger partial charge in [0.25, 0.3) is 0 Å². The van der Waals surface area contributed by atoms with Gasteiger partial charge in [0.1, 0.15) is 0 Å². The van der Waals surface area contributed by atoms with E-state index in [0.717, 1.165) is 0 Å². The fraction of sp³-hybridized carbons (Fsp3) is 1.00. The predicted molar refractivity (Wildman–Crippen MR) is 50.4 cm³/mol. The molecule has 0 aromatic heterocycles. The highest BCUT2D eigenvalue weighted by molar-refractivity contribution is 4.91. The van der Waals surface area contributed by atoms with Crippen molar-refractivity contribution < 1.29 is 18.3 Å². The maximum absolute atomic E-state index is 12.1. The molecule has 1 unspecified atom stereocenters. The Morgan fingerprint density at radius 1 is 1.40 bits per heavy atom. The third-order valence-corrected chi connectivity index (χ3v) is 2.70. The summed E-state index contributed by atoms with van der Waals surface area (Å²) in [5.74, 6) is 0. The molecule has 3 nitrogen and oxygen atoms in total. The summed E-state index contributed by atoms with van der Waals surface area (Å²) in [7, 11) is 0. The van der Waals surface area contributed by atoms with E-state index in [0.29, 0.717) is 25.8 Å². The zero-order chi connectivity index (χ0) is 11.5. The Bertz CT molecular complexity index is 206. The number of aliphatic hydroxyl groups excluding tert-OH is 1. The van der Waals surface area contributed by atoms with E-state index in [9.17, 15) is 13.2 Å². The highest BCUT2D eigenvalue weighted by atomic mass is 19.4. The average Bonchev–Trinajstić information content (AvgIpc) is 1.99. The van der Waals surface area contributed by atoms with E-state index in [2.05, 4.69) is 0 Å². The maximum atomic E-state index is 12.1. The van der Waals surface area contributed by atoms with Gasteiger partial charge in [0, 0.05) is 18.7 Å². The average molecular weight is 226 g/mol. The first-order chi connectivity index (χ1) is 6.85. The van der Waals surface area contributed by atoms with Gasteiger partial charge in [-0.05, 0) is 25.8 Å². The van der Waals surface area contributed by atoms with Crippen LogP contribution in [0, 0.1) is 0 Å². The zero-order valence-corrected chi connectivity index (χ0v) is 8.56. The first-order valence-electron chi connectivity index (χ1n) is 5.03. The van der Waals surface area contributed by atoms with Crippen molar-refractivity contribution in [1.82, 2.24) is 4.90 Å². The molecule has 0 aromatic carbocycles. The summed E-state index contributed by atoms with van der Waals surface area (Å²) < 4.78 is 36.4. The Balaban J connectivity index is 2.48. The standard InChI is InChI=1S/C9H17F3N2O/c10-9(11,12)7-14-4-1-2-8(13,6-14)3-5-15/h15H,1-7,13H2. The molecule has 15 heavy (non-hydrogen) atoms. The molecule has 0 aromatic rings. The van der Waals surface area contributed by atoms with Gasteiger partial charge in [0.15, 0.2) is 0 Å². The van der Waals surface area contributed by atoms with Crippen molar-refractivity contribution in [3.05, 3.63) is 0 Å². The highest BCUT2D eigenvalue weighted by Crippen LogP contribution is 2.25. The van der Waals surface area contributed by atoms with Gasteiger partial charge in [0.05, 0.1) is 6.54 Å². The van der Waals surface area contributed by atoms with E-state index in [4.69, 9.17) is 10.8 Å². The zero-order valence-electron chi connectivity index (χ0n) is 8.56. The van der Waals surface area contributed by atoms with E-state index in [-0.39, 0.29) is 13.2 Å². The van der Waals surface area contributed by atoms with Crippen LogP contribution in [0.1, 0.15) is 19.3 Å². The number of nitrogens with zero attached hydrogens (tertiary/aromatic N) is 1. The molecule has 6 heteroatoms. The number of aliphatic hydroxyl groups is 1. The van der Waals surface area contributed by atoms with Gasteiger partial charge in [0.2, 0.25) is 0 Å². The Kier molecular flexibility index (Phi) is 3.97. The Hall–Kier alpha value is -0.330. The summed E-state index contributed by atoms with van der Waals surface area (Å²) in [4.78, 5) is 1.32. The number of alkyl halides is 3. The van der Waals surface area contributed by atoms with Crippen molar-refractivity contribution in [2.45, 2.75) is 31.0 Å². The molecule has 1 atom stereocenters. The lowest BCUT2D eigenvalue weighted by Gasteiger charge is -2.40. The summed E-state index contributed by atoms with van der Waals surface area (Å²) in [5.41, 5.74) is 5.26. The molecule has 1 saturated heterocycles. The van der Waals surface area contributed by atoms with Crippen molar-refractivity contribution in [1.29, 1.82) is 0 Å². The van der Waals surface area contributed by atoms with Crippen LogP contribution in [0.4, 0.5) is 13.2 Å². The number of hydrogen-bond donors (Lipinski definition) is 2. The highest BCUT2D eigenvalue weighted by Gasteiger charge is 2.37. The quantitative estimate of drug-likeness (QED) is 0.745. The number of likely N-dealkylation sites (tertiary alicyclic amines) is 1. The van der Waals surface area contributed by atoms with Crippen LogP contribution in [0.25, 0.3) is 0 Å². The van der Waals surface area contributed by atoms with Crippen LogP contribution in [-0.2, 0) is 0 Å². The van der Waals surface area contributed by atoms with Crippen molar-refractivity contribution in [3.8, 4) is 0 Å². The predicted octanol–water partition coefficient (Wildman–Crippen LogP) is 0.724. The summed E-state index contributed by atoms with van der Waals surface area (Å²) in [6.07, 6.45) is -2.46. The molecule has 0 amide bonds. The number of nitrogens with two attached hydrogens (primary N) is 1. The molecular weight excluding hydrogens is 209 g/mol. The van der Waals surface area contributed by atoms with Crippen molar-refractivity contribution in [3.63, 3.8) is 0 Å². The van der Waals surface area contributed by atoms with Gasteiger partial charge in [-0.25, -0.2) is 0 Å². The van der Waals surface area contributed by atoms with E-state index in [1.54, 1.807) is 0 Å². The van der Waals surface area contributed by atoms with Gasteiger partial charge in [-0.1, -0.05) is 0 Å². The van der Waals surface area contributed by atoms with Crippen molar-refractivity contribution in [2.24, 2.45) is 5.73 Å². The third-order valence-electron chi connectivity index (χ3n) is 2.70. The molecule has 1 aliphatic rings. The van der Waals surface area contributed by atoms with Gasteiger partial charge in [-0.3, -0.25) is 4.90 Å². The molecule has 0 radical (unpaired) electrons. The minimum Gasteiger partial charge on any atom is -0.396 e. The summed E-state index contributed by atoms with van der Waals surface area (Å²) >= 11 is 0. The molecule has 1 fully saturated rings. The second-order valence-electron chi connectivity index (χ2n) is 4.27. The number of hydrogen-bond acceptors (Lipinski definition) is 3. The topological polar surface area (TPSA) is 49.5 Å². The van der Waals surface area contributed by atoms with Crippen LogP contribution in [-0.4, -0.2) is 48.0 Å². The van der Waals surface area contributed by atoms with Crippen LogP contribution in [0.15, 0.2) is 0 Å². The van der Waals surface area contributed by atoms with Crippen LogP contribution >= 0.6 is 0 Å². The lowest BCUT2D eigenvalue weighted by molar-refractivity contribution is -0.150. The minimum absolute atomic E-state index is 0.0731. The molecule has 90 valence electrons. The number of piperidine rings is 1. The minimum atomic E-state index is -4.17. The Morgan fingerprint density at radius 2 is 2.07 bits per heavy atom. The van der Waals surface area contributed by atoms with Crippen LogP contribution in [0.5, 0.6) is 0 Å². The van der Waals surface area contributed by atoms with E-state index in [1.165, 1.54) is 4.90 Å². The maximum Gasteiger partial charge on any atom is 0.401 e. The molecule has 1 rings (SSSR count). The van der Waals surface area contributed by atoms with Crippen molar-refractivity contribution >= 4 is 0 Å². The first kappa shape index (κ1) is 12.7. The van der Waals surface area contributed by atoms with Crippen molar-refractivity contribution in [2.75, 3.05) is 26.2 Å². The van der Waals surface area contributed by atoms with Crippen LogP contribution < -0.4 is 5.73 Å². The Morgan fingerprint density at radius 3 is 2.60 bits per heavy atom. The fourth-order valence-electron chi connectivity index (χ4n) is 2.07. The smallest absolute Gasteiger partial charge is 0.396 e. The largest absolute Gasteiger partial charge is 0.401 e. The first-order valence-corrected chi connectivity index (χ1v) is 5.03. The fourth-order valence-corrected chi connectivity index (χ4v) is 2.07. The van der Waals surface area contributed by atoms with Crippen LogP contribution in [0.3, 0.4) is 0 Å². The second-order valence-corrected chi connectivity index (χ2v) is 4.27. The normalized spacial score (nSPS) is 29.4. The summed E-state index contributed by atoms with van der Waals surface area (Å²) in [6.45, 7) is -0.329. The second kappa shape index (κ2) is 4.67. The lowest BCUT2D eigenvalue weighted by Crippen LogP contribution is -2.56. The molecule has 1 heterocycles. The monoisotopic (exact) mass is 226 g/mol. The van der Waals surface area contributed by atoms with Gasteiger partial charge in [-0.2, -0.15) is 13.2 Å². The third kappa shape index (κ3) is 4.36. The molecule has 0 spiro atoms. The van der Waals surface area contributed by atoms with Gasteiger partial charge >= 0.3 is 6.18 Å². The number of halogens is 3. The molecule has 0 saturated carbocycles. The molecule has 3 N–H and O–H groups in total. The van der Waals surface area contributed by atoms with E-state index >= 15 is 0 Å². The van der Waals surface area contributed by atoms with Crippen LogP contribution in [0.2, 0.25) is 0 Å². The molecule has 1 aliphatic heterocycles. The van der Waals surface area contributed by atoms with E-state index < -0.39 is 18.3 Å². The number of rotatable bonds is 3. The van der Waals surface area contributed by atoms with E-state index in [1.807, 2.05) is 0 Å². The van der Waals surface area contributed by atoms with Gasteiger partial charge in [-0.15, -0.1) is 0 Å². The summed E-state index contributed by atoms with van der Waals surface area (Å²) in [5, 5.41) is 8.78. The Labute approximate surface area is 87.0 Å².